The van der Waals surface area contributed by atoms with Crippen LogP contribution in [0.1, 0.15) is 18.7 Å². The molecule has 15 heteroatoms. The number of benzene rings is 1. The molecule has 0 bridgehead atoms. The molecule has 1 aromatic heterocycles. The van der Waals surface area contributed by atoms with Crippen molar-refractivity contribution < 1.29 is 43.2 Å². The Morgan fingerprint density at radius 3 is 2.67 bits per heavy atom. The normalized spacial score (nSPS) is 24.3. The predicted octanol–water partition coefficient (Wildman–Crippen LogP) is 1.00. The van der Waals surface area contributed by atoms with Gasteiger partial charge in [-0.15, -0.1) is 0 Å². The second kappa shape index (κ2) is 13.8. The van der Waals surface area contributed by atoms with Crippen molar-refractivity contribution in [3.8, 4) is 5.88 Å². The molecule has 0 spiro atoms. The second-order valence-corrected chi connectivity index (χ2v) is 11.6. The molecule has 0 radical (unpaired) electrons. The summed E-state index contributed by atoms with van der Waals surface area (Å²) >= 11 is 0.837. The standard InChI is InChI=1S/C24H32N3O10PS/c1-16(14-28)21(30)39-12-11-35-38(33,25-13-17-7-5-4-6-8-17)36-15-18-20(29)24(2,32)22(37-18)27-10-9-19(34-3)26-23(27)31/h4-10,18,20,22,28-29,32H,1,11-15H2,2-3H3,(H,25,33)/t18-,20-,22-,24-,38?/m1/s1. The van der Waals surface area contributed by atoms with Gasteiger partial charge in [0.25, 0.3) is 0 Å². The minimum absolute atomic E-state index is 0.0294. The zero-order chi connectivity index (χ0) is 28.6. The van der Waals surface area contributed by atoms with E-state index in [4.69, 9.17) is 23.6 Å². The van der Waals surface area contributed by atoms with Crippen molar-refractivity contribution in [2.24, 2.45) is 0 Å². The summed E-state index contributed by atoms with van der Waals surface area (Å²) < 4.78 is 36.3. The highest BCUT2D eigenvalue weighted by atomic mass is 32.2. The van der Waals surface area contributed by atoms with Crippen LogP contribution in [0.5, 0.6) is 5.88 Å². The predicted molar refractivity (Wildman–Crippen MR) is 142 cm³/mol. The Morgan fingerprint density at radius 2 is 2.03 bits per heavy atom. The molecule has 2 aromatic rings. The topological polar surface area (TPSA) is 179 Å². The van der Waals surface area contributed by atoms with Gasteiger partial charge >= 0.3 is 13.4 Å². The van der Waals surface area contributed by atoms with E-state index in [1.165, 1.54) is 26.3 Å². The summed E-state index contributed by atoms with van der Waals surface area (Å²) in [6.45, 7) is 3.76. The second-order valence-electron chi connectivity index (χ2n) is 8.70. The number of carbonyl (C=O) groups is 1. The number of hydrogen-bond acceptors (Lipinski definition) is 12. The van der Waals surface area contributed by atoms with Crippen LogP contribution in [0.15, 0.2) is 59.5 Å². The van der Waals surface area contributed by atoms with E-state index in [1.807, 2.05) is 6.07 Å². The largest absolute Gasteiger partial charge is 0.481 e. The molecule has 1 fully saturated rings. The first-order valence-electron chi connectivity index (χ1n) is 11.8. The molecule has 1 unspecified atom stereocenters. The molecule has 1 aliphatic rings. The lowest BCUT2D eigenvalue weighted by atomic mass is 9.96. The van der Waals surface area contributed by atoms with E-state index in [9.17, 15) is 24.4 Å². The number of thioether (sulfide) groups is 1. The van der Waals surface area contributed by atoms with E-state index >= 15 is 0 Å². The molecular formula is C24H32N3O10PS. The fraction of sp³-hybridized carbons (Fsp3) is 0.458. The lowest BCUT2D eigenvalue weighted by Gasteiger charge is -2.27. The minimum Gasteiger partial charge on any atom is -0.481 e. The molecule has 1 aromatic carbocycles. The number of hydrogen-bond donors (Lipinski definition) is 4. The summed E-state index contributed by atoms with van der Waals surface area (Å²) in [7, 11) is -2.68. The van der Waals surface area contributed by atoms with E-state index in [1.54, 1.807) is 24.3 Å². The van der Waals surface area contributed by atoms with E-state index < -0.39 is 55.8 Å². The average molecular weight is 586 g/mol. The zero-order valence-corrected chi connectivity index (χ0v) is 23.2. The molecule has 2 heterocycles. The molecule has 1 aliphatic heterocycles. The number of rotatable bonds is 14. The van der Waals surface area contributed by atoms with Gasteiger partial charge in [-0.2, -0.15) is 4.98 Å². The number of aliphatic hydroxyl groups is 3. The fourth-order valence-corrected chi connectivity index (χ4v) is 5.66. The van der Waals surface area contributed by atoms with Gasteiger partial charge < -0.3 is 24.8 Å². The molecule has 4 N–H and O–H groups in total. The average Bonchev–Trinajstić information content (AvgIpc) is 3.16. The molecule has 1 saturated heterocycles. The van der Waals surface area contributed by atoms with Gasteiger partial charge in [-0.05, 0) is 12.5 Å². The zero-order valence-electron chi connectivity index (χ0n) is 21.5. The maximum Gasteiger partial charge on any atom is 0.405 e. The van der Waals surface area contributed by atoms with Crippen molar-refractivity contribution in [2.45, 2.75) is 37.5 Å². The third-order valence-corrected chi connectivity index (χ3v) is 8.29. The Hall–Kier alpha value is -2.39. The molecule has 214 valence electrons. The number of aliphatic hydroxyl groups excluding tert-OH is 2. The highest BCUT2D eigenvalue weighted by Gasteiger charge is 2.54. The molecule has 0 aliphatic carbocycles. The third-order valence-electron chi connectivity index (χ3n) is 5.81. The Labute approximate surface area is 229 Å². The van der Waals surface area contributed by atoms with Crippen LogP contribution in [-0.4, -0.2) is 80.5 Å². The van der Waals surface area contributed by atoms with Crippen LogP contribution in [0.4, 0.5) is 0 Å². The van der Waals surface area contributed by atoms with Gasteiger partial charge in [-0.1, -0.05) is 48.7 Å². The van der Waals surface area contributed by atoms with Crippen LogP contribution in [0.2, 0.25) is 0 Å². The Balaban J connectivity index is 1.69. The van der Waals surface area contributed by atoms with Crippen LogP contribution < -0.4 is 15.5 Å². The van der Waals surface area contributed by atoms with Gasteiger partial charge in [0.15, 0.2) is 6.23 Å². The van der Waals surface area contributed by atoms with Gasteiger partial charge in [0.1, 0.15) is 17.8 Å². The van der Waals surface area contributed by atoms with Gasteiger partial charge in [-0.25, -0.2) is 14.4 Å². The van der Waals surface area contributed by atoms with E-state index in [-0.39, 0.29) is 30.4 Å². The maximum atomic E-state index is 13.5. The molecular weight excluding hydrogens is 553 g/mol. The first kappa shape index (κ1) is 31.1. The molecule has 5 atom stereocenters. The Kier molecular flexibility index (Phi) is 11.0. The first-order chi connectivity index (χ1) is 18.5. The maximum absolute atomic E-state index is 13.5. The molecule has 39 heavy (non-hydrogen) atoms. The molecule has 13 nitrogen and oxygen atoms in total. The SMILES string of the molecule is C=C(CO)C(=O)SCCOP(=O)(NCc1ccccc1)OC[C@H]1O[C@@H](n2ccc(OC)nc2=O)[C@](C)(O)[C@@H]1O. The van der Waals surface area contributed by atoms with Crippen LogP contribution in [-0.2, 0) is 29.7 Å². The smallest absolute Gasteiger partial charge is 0.405 e. The van der Waals surface area contributed by atoms with Crippen molar-refractivity contribution in [1.82, 2.24) is 14.6 Å². The minimum atomic E-state index is -4.02. The van der Waals surface area contributed by atoms with E-state index in [2.05, 4.69) is 16.7 Å². The van der Waals surface area contributed by atoms with Crippen LogP contribution in [0.25, 0.3) is 0 Å². The van der Waals surface area contributed by atoms with Crippen LogP contribution in [0.3, 0.4) is 0 Å². The number of nitrogens with one attached hydrogen (secondary N) is 1. The van der Waals surface area contributed by atoms with Crippen molar-refractivity contribution in [1.29, 1.82) is 0 Å². The summed E-state index contributed by atoms with van der Waals surface area (Å²) in [6, 6.07) is 10.4. The van der Waals surface area contributed by atoms with Crippen molar-refractivity contribution in [2.75, 3.05) is 32.7 Å². The summed E-state index contributed by atoms with van der Waals surface area (Å²) in [6.07, 6.45) is -2.75. The number of methoxy groups -OCH3 is 1. The number of aromatic nitrogens is 2. The summed E-state index contributed by atoms with van der Waals surface area (Å²) in [5.41, 5.74) is -1.88. The fourth-order valence-electron chi connectivity index (χ4n) is 3.61. The molecule has 3 rings (SSSR count). The van der Waals surface area contributed by atoms with E-state index in [0.717, 1.165) is 21.9 Å². The van der Waals surface area contributed by atoms with Crippen molar-refractivity contribution >= 4 is 24.6 Å². The number of carbonyl (C=O) groups excluding carboxylic acids is 1. The lowest BCUT2D eigenvalue weighted by molar-refractivity contribution is -0.108. The Bertz CT molecular complexity index is 1240. The van der Waals surface area contributed by atoms with Crippen LogP contribution in [0, 0.1) is 0 Å². The highest BCUT2D eigenvalue weighted by molar-refractivity contribution is 8.14. The van der Waals surface area contributed by atoms with Crippen molar-refractivity contribution in [3.63, 3.8) is 0 Å². The van der Waals surface area contributed by atoms with Gasteiger partial charge in [0.05, 0.1) is 26.9 Å². The van der Waals surface area contributed by atoms with E-state index in [0.29, 0.717) is 0 Å². The summed E-state index contributed by atoms with van der Waals surface area (Å²) in [5.74, 6) is 0.169. The monoisotopic (exact) mass is 585 g/mol. The first-order valence-corrected chi connectivity index (χ1v) is 14.4. The summed E-state index contributed by atoms with van der Waals surface area (Å²) in [4.78, 5) is 28.0. The quantitative estimate of drug-likeness (QED) is 0.140. The molecule has 0 amide bonds. The summed E-state index contributed by atoms with van der Waals surface area (Å²) in [5, 5.41) is 33.0. The van der Waals surface area contributed by atoms with Crippen molar-refractivity contribution in [3.05, 3.63) is 70.8 Å². The third kappa shape index (κ3) is 8.07. The molecule has 0 saturated carbocycles. The Morgan fingerprint density at radius 1 is 1.31 bits per heavy atom. The highest BCUT2D eigenvalue weighted by Crippen LogP contribution is 2.46. The van der Waals surface area contributed by atoms with Gasteiger partial charge in [0.2, 0.25) is 11.0 Å². The van der Waals surface area contributed by atoms with Gasteiger partial charge in [-0.3, -0.25) is 18.4 Å². The van der Waals surface area contributed by atoms with Gasteiger partial charge in [0, 0.05) is 30.1 Å². The number of nitrogens with zero attached hydrogens (tertiary/aromatic N) is 2. The number of ether oxygens (including phenoxy) is 2. The van der Waals surface area contributed by atoms with Crippen LogP contribution >= 0.6 is 19.5 Å². The lowest BCUT2D eigenvalue weighted by Crippen LogP contribution is -2.46.